The minimum atomic E-state index is -0.615. The van der Waals surface area contributed by atoms with E-state index in [0.29, 0.717) is 32.2 Å². The number of nitrogens with one attached hydrogen (secondary N) is 2. The number of amides is 2. The molecule has 0 saturated carbocycles. The van der Waals surface area contributed by atoms with Crippen LogP contribution >= 0.6 is 0 Å². The smallest absolute Gasteiger partial charge is 0.407 e. The number of rotatable bonds is 25. The van der Waals surface area contributed by atoms with Gasteiger partial charge in [0.25, 0.3) is 0 Å². The second kappa shape index (κ2) is 37.0. The van der Waals surface area contributed by atoms with Crippen molar-refractivity contribution in [3.05, 3.63) is 0 Å². The predicted molar refractivity (Wildman–Crippen MR) is 241 cm³/mol. The minimum absolute atomic E-state index is 0. The van der Waals surface area contributed by atoms with Crippen LogP contribution in [0.4, 0.5) is 4.79 Å². The van der Waals surface area contributed by atoms with Gasteiger partial charge in [-0.25, -0.2) is 4.79 Å². The first kappa shape index (κ1) is 45.1. The molecule has 300 valence electrons. The van der Waals surface area contributed by atoms with E-state index < -0.39 is 12.1 Å². The summed E-state index contributed by atoms with van der Waals surface area (Å²) in [5.41, 5.74) is 11.3. The number of alkyl carbamates (subject to hydrolysis) is 1. The molecule has 2 atom stereocenters. The zero-order valence-electron chi connectivity index (χ0n) is 30.2. The molecule has 0 aromatic heterocycles. The maximum atomic E-state index is 12.5. The molecule has 0 spiro atoms. The van der Waals surface area contributed by atoms with E-state index >= 15 is 0 Å². The lowest BCUT2D eigenvalue weighted by atomic mass is 10.0. The number of terminal acetylenes is 1. The van der Waals surface area contributed by atoms with Crippen LogP contribution < -0.4 is 22.1 Å². The lowest BCUT2D eigenvalue weighted by molar-refractivity contribution is -0.122. The van der Waals surface area contributed by atoms with Gasteiger partial charge in [-0.05, 0) is 115 Å². The van der Waals surface area contributed by atoms with Gasteiger partial charge in [-0.3, -0.25) is 4.79 Å². The van der Waals surface area contributed by atoms with Crippen molar-refractivity contribution >= 4 is 12.0 Å². The quantitative estimate of drug-likeness (QED) is 0.0556. The van der Waals surface area contributed by atoms with Crippen molar-refractivity contribution in [1.29, 1.82) is 0 Å². The minimum Gasteiger partial charge on any atom is -0.445 e. The molecular weight excluding hydrogens is 620 g/mol. The van der Waals surface area contributed by atoms with Crippen molar-refractivity contribution in [2.24, 2.45) is 11.5 Å². The Morgan fingerprint density at radius 1 is 0.620 bits per heavy atom. The lowest BCUT2D eigenvalue weighted by Crippen LogP contribution is -2.44. The molecule has 7 nitrogen and oxygen atoms in total. The Hall–Kier alpha value is -4.86. The Kier molecular flexibility index (Phi) is 33.4. The van der Waals surface area contributed by atoms with E-state index in [1.807, 2.05) is 0 Å². The van der Waals surface area contributed by atoms with E-state index in [-0.39, 0.29) is 49.4 Å². The first-order chi connectivity index (χ1) is 24.5. The molecule has 0 radical (unpaired) electrons. The second-order valence-electron chi connectivity index (χ2n) is 11.7. The Labute approximate surface area is 329 Å². The summed E-state index contributed by atoms with van der Waals surface area (Å²) >= 11 is 0. The van der Waals surface area contributed by atoms with Crippen LogP contribution in [0.1, 0.15) is 153 Å². The monoisotopic (exact) mass is 711 g/mol. The summed E-state index contributed by atoms with van der Waals surface area (Å²) in [7, 11) is 0. The molecule has 2 unspecified atom stereocenters. The highest BCUT2D eigenvalue weighted by Gasteiger charge is 2.14. The van der Waals surface area contributed by atoms with E-state index in [0.717, 1.165) is 12.8 Å². The topological polar surface area (TPSA) is 119 Å². The highest BCUT2D eigenvalue weighted by molar-refractivity contribution is 5.81. The van der Waals surface area contributed by atoms with Crippen LogP contribution in [0.5, 0.6) is 0 Å². The molecule has 6 N–H and O–H groups in total. The van der Waals surface area contributed by atoms with Crippen LogP contribution in [0.3, 0.4) is 0 Å². The molecule has 2 amide bonds. The van der Waals surface area contributed by atoms with Gasteiger partial charge >= 0.3 is 6.09 Å². The highest BCUT2D eigenvalue weighted by atomic mass is 16.6. The van der Waals surface area contributed by atoms with Gasteiger partial charge in [-0.1, -0.05) is 103 Å². The summed E-state index contributed by atoms with van der Waals surface area (Å²) in [6, 6.07) is -0.615. The Balaban J connectivity index is -0.0000000883. The highest BCUT2D eigenvalue weighted by Crippen LogP contribution is 2.15. The molecule has 0 rings (SSSR count). The number of carbonyl (C=O) groups excluding carboxylic acids is 2. The summed E-state index contributed by atoms with van der Waals surface area (Å²) in [6.45, 7) is 3.21. The van der Waals surface area contributed by atoms with Crippen molar-refractivity contribution in [2.45, 2.75) is 141 Å². The van der Waals surface area contributed by atoms with Crippen LogP contribution in [0, 0.1) is 95.2 Å². The molecule has 0 heterocycles. The first-order valence-electron chi connectivity index (χ1n) is 18.2. The maximum Gasteiger partial charge on any atom is 0.407 e. The van der Waals surface area contributed by atoms with E-state index in [1.165, 1.54) is 83.5 Å². The van der Waals surface area contributed by atoms with Crippen molar-refractivity contribution in [3.8, 4) is 95.2 Å². The first-order valence-corrected chi connectivity index (χ1v) is 18.2. The van der Waals surface area contributed by atoms with Crippen molar-refractivity contribution in [2.75, 3.05) is 19.6 Å². The Bertz CT molecular complexity index is 1500. The number of hydrogen-bond donors (Lipinski definition) is 4. The molecule has 0 fully saturated rings. The van der Waals surface area contributed by atoms with Crippen molar-refractivity contribution < 1.29 is 38.6 Å². The molecular formula is C43H90N4O3. The lowest BCUT2D eigenvalue weighted by Gasteiger charge is -2.16. The van der Waals surface area contributed by atoms with E-state index in [1.54, 1.807) is 0 Å². The Morgan fingerprint density at radius 3 is 1.54 bits per heavy atom. The van der Waals surface area contributed by atoms with Gasteiger partial charge in [0.2, 0.25) is 5.91 Å². The number of hydrogen-bond acceptors (Lipinski definition) is 5. The molecule has 0 aliphatic heterocycles. The molecule has 7 heteroatoms. The molecule has 0 bridgehead atoms. The van der Waals surface area contributed by atoms with Crippen LogP contribution in [0.15, 0.2) is 0 Å². The summed E-state index contributed by atoms with van der Waals surface area (Å²) < 4.78 is 5.66. The van der Waals surface area contributed by atoms with Gasteiger partial charge in [0, 0.05) is 43.8 Å². The fraction of sp³-hybridized carbons (Fsp3) is 0.581. The standard InChI is InChI=1S/C43H56N4O3.17H2/c1-3-5-7-9-11-13-15-17-19-21-23-25-27-29-31-34-40(50-43(49)47-39-38-46-42(48)41(45)36-33-37-44)35-32-30-28-26-24-22-20-18-16-14-12-10-8-6-4-2;;;;;;;;;;;;;;;;;/h1,40-41H,4,6,8,10,12,14,16,18,20,22,24,26,28,30,32-39,44-45H2,2H3,(H,46,48)(H,47,49);17*1H. The van der Waals surface area contributed by atoms with Gasteiger partial charge in [-0.2, -0.15) is 0 Å². The van der Waals surface area contributed by atoms with Gasteiger partial charge in [0.15, 0.2) is 0 Å². The zero-order chi connectivity index (χ0) is 36.6. The molecule has 0 aromatic rings. The third kappa shape index (κ3) is 33.1. The van der Waals surface area contributed by atoms with E-state index in [4.69, 9.17) is 22.6 Å². The van der Waals surface area contributed by atoms with Gasteiger partial charge < -0.3 is 26.8 Å². The molecule has 50 heavy (non-hydrogen) atoms. The van der Waals surface area contributed by atoms with Crippen molar-refractivity contribution in [3.63, 3.8) is 0 Å². The summed E-state index contributed by atoms with van der Waals surface area (Å²) in [4.78, 5) is 24.5. The fourth-order valence-electron chi connectivity index (χ4n) is 4.68. The number of nitrogens with two attached hydrogens (primary N) is 2. The molecule has 0 saturated heterocycles. The van der Waals surface area contributed by atoms with Crippen LogP contribution in [-0.4, -0.2) is 43.8 Å². The maximum absolute atomic E-state index is 12.5. The largest absolute Gasteiger partial charge is 0.445 e. The van der Waals surface area contributed by atoms with Crippen molar-refractivity contribution in [1.82, 2.24) is 10.6 Å². The number of unbranched alkanes of at least 4 members (excludes halogenated alkanes) is 14. The predicted octanol–water partition coefficient (Wildman–Crippen LogP) is 9.75. The fourth-order valence-corrected chi connectivity index (χ4v) is 4.68. The molecule has 0 aromatic carbocycles. The van der Waals surface area contributed by atoms with Crippen LogP contribution in [0.25, 0.3) is 0 Å². The third-order valence-corrected chi connectivity index (χ3v) is 7.39. The summed E-state index contributed by atoms with van der Waals surface area (Å²) in [5, 5.41) is 5.40. The molecule has 0 aliphatic carbocycles. The normalized spacial score (nSPS) is 10.1. The second-order valence-corrected chi connectivity index (χ2v) is 11.7. The average molecular weight is 711 g/mol. The summed E-state index contributed by atoms with van der Waals surface area (Å²) in [5.74, 6) is 37.9. The van der Waals surface area contributed by atoms with Gasteiger partial charge in [0.1, 0.15) is 6.10 Å². The average Bonchev–Trinajstić information content (AvgIpc) is 3.11. The van der Waals surface area contributed by atoms with Gasteiger partial charge in [-0.15, -0.1) is 6.42 Å². The summed E-state index contributed by atoms with van der Waals surface area (Å²) in [6.07, 6.45) is 25.6. The number of carbonyl (C=O) groups is 2. The molecule has 0 aliphatic rings. The van der Waals surface area contributed by atoms with Crippen LogP contribution in [0.2, 0.25) is 0 Å². The zero-order valence-corrected chi connectivity index (χ0v) is 30.2. The SMILES string of the molecule is C#CC#CC#CC#CC#CC#CC#CC#CCC(CCCCCCCCCCCCCCCCC)OC(=O)NCCNC(=O)C(N)CCCN.[HH].[HH].[HH].[HH].[HH].[HH].[HH].[HH].[HH].[HH].[HH].[HH].[HH].[HH].[HH].[HH].[HH]. The van der Waals surface area contributed by atoms with E-state index in [2.05, 4.69) is 106 Å². The third-order valence-electron chi connectivity index (χ3n) is 7.39. The van der Waals surface area contributed by atoms with Gasteiger partial charge in [0.05, 0.1) is 6.04 Å². The number of ether oxygens (including phenoxy) is 1. The Morgan fingerprint density at radius 2 is 1.06 bits per heavy atom. The van der Waals surface area contributed by atoms with Crippen LogP contribution in [-0.2, 0) is 9.53 Å². The van der Waals surface area contributed by atoms with E-state index in [9.17, 15) is 9.59 Å².